The van der Waals surface area contributed by atoms with Gasteiger partial charge in [-0.25, -0.2) is 4.52 Å². The second-order valence-electron chi connectivity index (χ2n) is 4.71. The largest absolute Gasteiger partial charge is 0.240 e. The Morgan fingerprint density at radius 2 is 1.80 bits per heavy atom. The van der Waals surface area contributed by atoms with Gasteiger partial charge >= 0.3 is 0 Å². The van der Waals surface area contributed by atoms with Crippen LogP contribution in [0.2, 0.25) is 0 Å². The van der Waals surface area contributed by atoms with Crippen LogP contribution in [-0.2, 0) is 0 Å². The van der Waals surface area contributed by atoms with Crippen LogP contribution < -0.4 is 0 Å². The lowest BCUT2D eigenvalue weighted by Crippen LogP contribution is -1.97. The normalized spacial score (nSPS) is 11.9. The van der Waals surface area contributed by atoms with Crippen molar-refractivity contribution < 1.29 is 0 Å². The molecule has 0 fully saturated rings. The predicted octanol–water partition coefficient (Wildman–Crippen LogP) is 3.58. The molecule has 0 radical (unpaired) electrons. The van der Waals surface area contributed by atoms with E-state index in [0.717, 1.165) is 5.69 Å². The fourth-order valence-electron chi connectivity index (χ4n) is 1.65. The highest BCUT2D eigenvalue weighted by atomic mass is 15.2. The molecular formula is C13H18N2. The smallest absolute Gasteiger partial charge is 0.0649 e. The third kappa shape index (κ3) is 1.89. The number of hydrogen-bond acceptors (Lipinski definition) is 1. The Balaban J connectivity index is 2.52. The Kier molecular flexibility index (Phi) is 2.51. The Morgan fingerprint density at radius 1 is 1.07 bits per heavy atom. The van der Waals surface area contributed by atoms with E-state index in [2.05, 4.69) is 57.2 Å². The van der Waals surface area contributed by atoms with Gasteiger partial charge in [0, 0.05) is 6.20 Å². The van der Waals surface area contributed by atoms with Crippen molar-refractivity contribution in [2.45, 2.75) is 39.5 Å². The maximum Gasteiger partial charge on any atom is 0.0649 e. The van der Waals surface area contributed by atoms with Crippen molar-refractivity contribution in [3.05, 3.63) is 35.7 Å². The van der Waals surface area contributed by atoms with Crippen LogP contribution in [0.5, 0.6) is 0 Å². The molecule has 0 amide bonds. The van der Waals surface area contributed by atoms with Crippen LogP contribution in [0.25, 0.3) is 5.52 Å². The molecule has 0 saturated carbocycles. The van der Waals surface area contributed by atoms with Crippen molar-refractivity contribution in [2.24, 2.45) is 0 Å². The molecule has 0 saturated heterocycles. The Labute approximate surface area is 90.9 Å². The quantitative estimate of drug-likeness (QED) is 0.727. The van der Waals surface area contributed by atoms with Crippen LogP contribution in [-0.4, -0.2) is 9.61 Å². The average molecular weight is 202 g/mol. The molecule has 0 N–H and O–H groups in total. The molecular weight excluding hydrogens is 184 g/mol. The molecule has 0 aromatic carbocycles. The van der Waals surface area contributed by atoms with Crippen molar-refractivity contribution in [3.63, 3.8) is 0 Å². The van der Waals surface area contributed by atoms with E-state index in [0.29, 0.717) is 11.8 Å². The molecule has 0 atom stereocenters. The SMILES string of the molecule is CC(C)c1cc2ccc(C(C)C)nn2c1. The number of hydrogen-bond donors (Lipinski definition) is 0. The number of rotatable bonds is 2. The summed E-state index contributed by atoms with van der Waals surface area (Å²) < 4.78 is 1.99. The second-order valence-corrected chi connectivity index (χ2v) is 4.71. The van der Waals surface area contributed by atoms with Gasteiger partial charge in [0.05, 0.1) is 11.2 Å². The van der Waals surface area contributed by atoms with E-state index in [1.165, 1.54) is 11.1 Å². The summed E-state index contributed by atoms with van der Waals surface area (Å²) in [6.07, 6.45) is 2.13. The molecule has 2 nitrogen and oxygen atoms in total. The van der Waals surface area contributed by atoms with Gasteiger partial charge < -0.3 is 0 Å². The highest BCUT2D eigenvalue weighted by Gasteiger charge is 2.06. The van der Waals surface area contributed by atoms with Crippen LogP contribution in [0.1, 0.15) is 50.8 Å². The number of aromatic nitrogens is 2. The van der Waals surface area contributed by atoms with Crippen molar-refractivity contribution in [1.29, 1.82) is 0 Å². The molecule has 80 valence electrons. The van der Waals surface area contributed by atoms with Gasteiger partial charge in [-0.05, 0) is 35.6 Å². The number of fused-ring (bicyclic) bond motifs is 1. The standard InChI is InChI=1S/C13H18N2/c1-9(2)11-7-12-5-6-13(10(3)4)14-15(12)8-11/h5-10H,1-4H3. The van der Waals surface area contributed by atoms with E-state index in [1.807, 2.05) is 4.52 Å². The molecule has 2 aromatic heterocycles. The van der Waals surface area contributed by atoms with E-state index in [9.17, 15) is 0 Å². The topological polar surface area (TPSA) is 17.3 Å². The van der Waals surface area contributed by atoms with Gasteiger partial charge in [0.2, 0.25) is 0 Å². The van der Waals surface area contributed by atoms with E-state index in [1.54, 1.807) is 0 Å². The first-order valence-electron chi connectivity index (χ1n) is 5.57. The summed E-state index contributed by atoms with van der Waals surface area (Å²) in [6, 6.07) is 6.47. The predicted molar refractivity (Wildman–Crippen MR) is 63.4 cm³/mol. The van der Waals surface area contributed by atoms with E-state index < -0.39 is 0 Å². The number of nitrogens with zero attached hydrogens (tertiary/aromatic N) is 2. The molecule has 0 aliphatic carbocycles. The first kappa shape index (κ1) is 10.2. The van der Waals surface area contributed by atoms with E-state index in [-0.39, 0.29) is 0 Å². The van der Waals surface area contributed by atoms with Crippen LogP contribution in [0, 0.1) is 0 Å². The monoisotopic (exact) mass is 202 g/mol. The minimum Gasteiger partial charge on any atom is -0.240 e. The first-order chi connectivity index (χ1) is 7.08. The van der Waals surface area contributed by atoms with E-state index >= 15 is 0 Å². The zero-order valence-corrected chi connectivity index (χ0v) is 9.86. The maximum atomic E-state index is 4.59. The highest BCUT2D eigenvalue weighted by Crippen LogP contribution is 2.19. The summed E-state index contributed by atoms with van der Waals surface area (Å²) in [4.78, 5) is 0. The summed E-state index contributed by atoms with van der Waals surface area (Å²) in [5, 5.41) is 4.59. The second kappa shape index (κ2) is 3.69. The summed E-state index contributed by atoms with van der Waals surface area (Å²) >= 11 is 0. The summed E-state index contributed by atoms with van der Waals surface area (Å²) in [5.74, 6) is 1.05. The fraction of sp³-hybridized carbons (Fsp3) is 0.462. The molecule has 15 heavy (non-hydrogen) atoms. The molecule has 2 aromatic rings. The lowest BCUT2D eigenvalue weighted by molar-refractivity contribution is 0.761. The Hall–Kier alpha value is -1.31. The summed E-state index contributed by atoms with van der Waals surface area (Å²) in [5.41, 5.74) is 3.68. The molecule has 0 unspecified atom stereocenters. The molecule has 2 rings (SSSR count). The Morgan fingerprint density at radius 3 is 2.40 bits per heavy atom. The zero-order chi connectivity index (χ0) is 11.0. The van der Waals surface area contributed by atoms with Gasteiger partial charge in [0.25, 0.3) is 0 Å². The molecule has 2 heterocycles. The van der Waals surface area contributed by atoms with Crippen LogP contribution in [0.3, 0.4) is 0 Å². The van der Waals surface area contributed by atoms with Gasteiger partial charge in [-0.3, -0.25) is 0 Å². The highest BCUT2D eigenvalue weighted by molar-refractivity contribution is 5.50. The summed E-state index contributed by atoms with van der Waals surface area (Å²) in [7, 11) is 0. The summed E-state index contributed by atoms with van der Waals surface area (Å²) in [6.45, 7) is 8.75. The molecule has 0 bridgehead atoms. The van der Waals surface area contributed by atoms with Crippen LogP contribution in [0.4, 0.5) is 0 Å². The van der Waals surface area contributed by atoms with Crippen molar-refractivity contribution in [1.82, 2.24) is 9.61 Å². The fourth-order valence-corrected chi connectivity index (χ4v) is 1.65. The molecule has 0 aliphatic rings. The van der Waals surface area contributed by atoms with E-state index in [4.69, 9.17) is 0 Å². The van der Waals surface area contributed by atoms with Crippen molar-refractivity contribution in [3.8, 4) is 0 Å². The van der Waals surface area contributed by atoms with Gasteiger partial charge in [0.15, 0.2) is 0 Å². The minimum atomic E-state index is 0.485. The molecule has 2 heteroatoms. The molecule has 0 spiro atoms. The maximum absolute atomic E-state index is 4.59. The van der Waals surface area contributed by atoms with Crippen molar-refractivity contribution in [2.75, 3.05) is 0 Å². The van der Waals surface area contributed by atoms with Gasteiger partial charge in [-0.2, -0.15) is 5.10 Å². The lowest BCUT2D eigenvalue weighted by atomic mass is 10.1. The lowest BCUT2D eigenvalue weighted by Gasteiger charge is -2.03. The van der Waals surface area contributed by atoms with Gasteiger partial charge in [0.1, 0.15) is 0 Å². The van der Waals surface area contributed by atoms with Crippen LogP contribution >= 0.6 is 0 Å². The van der Waals surface area contributed by atoms with Gasteiger partial charge in [-0.15, -0.1) is 0 Å². The first-order valence-corrected chi connectivity index (χ1v) is 5.57. The van der Waals surface area contributed by atoms with Crippen molar-refractivity contribution >= 4 is 5.52 Å². The Bertz CT molecular complexity index is 460. The average Bonchev–Trinajstić information content (AvgIpc) is 2.59. The zero-order valence-electron chi connectivity index (χ0n) is 9.86. The molecule has 0 aliphatic heterocycles. The third-order valence-electron chi connectivity index (χ3n) is 2.76. The third-order valence-corrected chi connectivity index (χ3v) is 2.76. The van der Waals surface area contributed by atoms with Crippen LogP contribution in [0.15, 0.2) is 24.4 Å². The minimum absolute atomic E-state index is 0.485. The van der Waals surface area contributed by atoms with Gasteiger partial charge in [-0.1, -0.05) is 27.7 Å².